The molecule has 0 radical (unpaired) electrons. The molecule has 116 valence electrons. The van der Waals surface area contributed by atoms with Gasteiger partial charge in [-0.1, -0.05) is 30.3 Å². The van der Waals surface area contributed by atoms with Gasteiger partial charge in [-0.3, -0.25) is 4.79 Å². The lowest BCUT2D eigenvalue weighted by Gasteiger charge is -2.12. The van der Waals surface area contributed by atoms with Gasteiger partial charge in [-0.15, -0.1) is 0 Å². The highest BCUT2D eigenvalue weighted by atomic mass is 35.5. The summed E-state index contributed by atoms with van der Waals surface area (Å²) < 4.78 is 5.22. The number of methoxy groups -OCH3 is 1. The second kappa shape index (κ2) is 7.47. The fourth-order valence-corrected chi connectivity index (χ4v) is 2.46. The first-order valence-corrected chi connectivity index (χ1v) is 8.24. The zero-order chi connectivity index (χ0) is 16.1. The van der Waals surface area contributed by atoms with Crippen LogP contribution in [0, 0.1) is 0 Å². The molecule has 0 spiro atoms. The summed E-state index contributed by atoms with van der Waals surface area (Å²) in [5.74, 6) is 0.252. The summed E-state index contributed by atoms with van der Waals surface area (Å²) in [5, 5.41) is 3.96. The average molecular weight is 338 g/mol. The van der Waals surface area contributed by atoms with Gasteiger partial charge >= 0.3 is 0 Å². The van der Waals surface area contributed by atoms with Crippen molar-refractivity contribution in [3.8, 4) is 5.75 Å². The van der Waals surface area contributed by atoms with Crippen LogP contribution < -0.4 is 10.1 Å². The van der Waals surface area contributed by atoms with Crippen LogP contribution in [0.25, 0.3) is 0 Å². The highest BCUT2D eigenvalue weighted by Crippen LogP contribution is 2.28. The van der Waals surface area contributed by atoms with E-state index in [1.54, 1.807) is 24.4 Å². The minimum atomic E-state index is -0.287. The van der Waals surface area contributed by atoms with E-state index in [2.05, 4.69) is 15.3 Å². The molecule has 5 nitrogen and oxygen atoms in total. The molecule has 7 heteroatoms. The normalized spacial score (nSPS) is 10.4. The Bertz CT molecular complexity index is 694. The quantitative estimate of drug-likeness (QED) is 0.666. The number of nitrogens with one attached hydrogen (secondary N) is 1. The standard InChI is InChI=1S/C15H16ClN3O2S/c1-4-11-10(8-17-15(19-11)22-3)14(20)18-12-7-9(16)5-6-13(12)21-2/h5-8H,4H2,1-3H3,(H,18,20). The number of halogens is 1. The molecule has 0 aliphatic carbocycles. The fraction of sp³-hybridized carbons (Fsp3) is 0.267. The number of nitrogens with zero attached hydrogens (tertiary/aromatic N) is 2. The minimum Gasteiger partial charge on any atom is -0.495 e. The van der Waals surface area contributed by atoms with E-state index in [0.29, 0.717) is 39.3 Å². The van der Waals surface area contributed by atoms with Crippen LogP contribution in [0.5, 0.6) is 5.75 Å². The topological polar surface area (TPSA) is 64.1 Å². The molecule has 1 aromatic heterocycles. The zero-order valence-electron chi connectivity index (χ0n) is 12.5. The van der Waals surface area contributed by atoms with E-state index in [-0.39, 0.29) is 5.91 Å². The van der Waals surface area contributed by atoms with Crippen LogP contribution in [-0.4, -0.2) is 29.2 Å². The molecule has 0 saturated heterocycles. The number of carbonyl (C=O) groups is 1. The minimum absolute atomic E-state index is 0.287. The maximum Gasteiger partial charge on any atom is 0.259 e. The Morgan fingerprint density at radius 3 is 2.86 bits per heavy atom. The van der Waals surface area contributed by atoms with Crippen LogP contribution in [0.15, 0.2) is 29.6 Å². The number of thioether (sulfide) groups is 1. The van der Waals surface area contributed by atoms with Crippen LogP contribution in [-0.2, 0) is 6.42 Å². The van der Waals surface area contributed by atoms with Crippen molar-refractivity contribution in [2.24, 2.45) is 0 Å². The van der Waals surface area contributed by atoms with E-state index >= 15 is 0 Å². The Balaban J connectivity index is 2.31. The lowest BCUT2D eigenvalue weighted by molar-refractivity contribution is 0.102. The average Bonchev–Trinajstić information content (AvgIpc) is 2.54. The van der Waals surface area contributed by atoms with Gasteiger partial charge in [0.05, 0.1) is 24.1 Å². The number of hydrogen-bond donors (Lipinski definition) is 1. The molecule has 0 aliphatic heterocycles. The summed E-state index contributed by atoms with van der Waals surface area (Å²) in [5.41, 5.74) is 1.66. The Labute approximate surface area is 138 Å². The summed E-state index contributed by atoms with van der Waals surface area (Å²) in [4.78, 5) is 21.0. The number of benzene rings is 1. The van der Waals surface area contributed by atoms with Crippen molar-refractivity contribution in [2.75, 3.05) is 18.7 Å². The predicted molar refractivity (Wildman–Crippen MR) is 89.1 cm³/mol. The predicted octanol–water partition coefficient (Wildman–Crippen LogP) is 3.68. The van der Waals surface area contributed by atoms with E-state index in [1.807, 2.05) is 13.2 Å². The van der Waals surface area contributed by atoms with E-state index in [0.717, 1.165) is 0 Å². The smallest absolute Gasteiger partial charge is 0.259 e. The highest BCUT2D eigenvalue weighted by Gasteiger charge is 2.15. The van der Waals surface area contributed by atoms with Gasteiger partial charge in [0.15, 0.2) is 5.16 Å². The first kappa shape index (κ1) is 16.6. The Hall–Kier alpha value is -1.79. The first-order chi connectivity index (χ1) is 10.6. The molecular weight excluding hydrogens is 322 g/mol. The third-order valence-electron chi connectivity index (χ3n) is 3.02. The molecule has 1 heterocycles. The van der Waals surface area contributed by atoms with Crippen molar-refractivity contribution in [1.82, 2.24) is 9.97 Å². The second-order valence-electron chi connectivity index (χ2n) is 4.37. The van der Waals surface area contributed by atoms with Gasteiger partial charge in [0, 0.05) is 11.2 Å². The third-order valence-corrected chi connectivity index (χ3v) is 3.81. The van der Waals surface area contributed by atoms with E-state index < -0.39 is 0 Å². The molecule has 0 fully saturated rings. The Kier molecular flexibility index (Phi) is 5.63. The maximum absolute atomic E-state index is 12.5. The van der Waals surface area contributed by atoms with Crippen LogP contribution >= 0.6 is 23.4 Å². The van der Waals surface area contributed by atoms with Crippen molar-refractivity contribution < 1.29 is 9.53 Å². The largest absolute Gasteiger partial charge is 0.495 e. The van der Waals surface area contributed by atoms with Crippen LogP contribution in [0.1, 0.15) is 23.0 Å². The second-order valence-corrected chi connectivity index (χ2v) is 5.58. The molecule has 0 bridgehead atoms. The molecule has 2 rings (SSSR count). The number of ether oxygens (including phenoxy) is 1. The van der Waals surface area contributed by atoms with Gasteiger partial charge in [-0.05, 0) is 30.9 Å². The molecule has 0 atom stereocenters. The third kappa shape index (κ3) is 3.69. The van der Waals surface area contributed by atoms with Crippen molar-refractivity contribution in [3.05, 3.63) is 40.7 Å². The molecule has 1 amide bonds. The Morgan fingerprint density at radius 2 is 2.23 bits per heavy atom. The number of carbonyl (C=O) groups excluding carboxylic acids is 1. The van der Waals surface area contributed by atoms with Gasteiger partial charge in [-0.25, -0.2) is 9.97 Å². The van der Waals surface area contributed by atoms with Gasteiger partial charge in [0.1, 0.15) is 5.75 Å². The SMILES string of the molecule is CCc1nc(SC)ncc1C(=O)Nc1cc(Cl)ccc1OC. The number of aryl methyl sites for hydroxylation is 1. The van der Waals surface area contributed by atoms with Crippen molar-refractivity contribution in [3.63, 3.8) is 0 Å². The van der Waals surface area contributed by atoms with Crippen LogP contribution in [0.2, 0.25) is 5.02 Å². The molecule has 1 aromatic carbocycles. The summed E-state index contributed by atoms with van der Waals surface area (Å²) in [6.45, 7) is 1.95. The molecule has 0 saturated carbocycles. The van der Waals surface area contributed by atoms with Crippen LogP contribution in [0.3, 0.4) is 0 Å². The first-order valence-electron chi connectivity index (χ1n) is 6.63. The number of hydrogen-bond acceptors (Lipinski definition) is 5. The van der Waals surface area contributed by atoms with Gasteiger partial charge < -0.3 is 10.1 Å². The van der Waals surface area contributed by atoms with Gasteiger partial charge in [0.25, 0.3) is 5.91 Å². The zero-order valence-corrected chi connectivity index (χ0v) is 14.1. The monoisotopic (exact) mass is 337 g/mol. The van der Waals surface area contributed by atoms with Crippen molar-refractivity contribution in [1.29, 1.82) is 0 Å². The number of rotatable bonds is 5. The van der Waals surface area contributed by atoms with Gasteiger partial charge in [0.2, 0.25) is 0 Å². The van der Waals surface area contributed by atoms with E-state index in [4.69, 9.17) is 16.3 Å². The molecule has 1 N–H and O–H groups in total. The van der Waals surface area contributed by atoms with E-state index in [1.165, 1.54) is 18.9 Å². The highest BCUT2D eigenvalue weighted by molar-refractivity contribution is 7.98. The molecule has 22 heavy (non-hydrogen) atoms. The molecule has 2 aromatic rings. The van der Waals surface area contributed by atoms with Gasteiger partial charge in [-0.2, -0.15) is 0 Å². The summed E-state index contributed by atoms with van der Waals surface area (Å²) >= 11 is 7.41. The van der Waals surface area contributed by atoms with Crippen LogP contribution in [0.4, 0.5) is 5.69 Å². The van der Waals surface area contributed by atoms with Crippen molar-refractivity contribution >= 4 is 35.0 Å². The lowest BCUT2D eigenvalue weighted by atomic mass is 10.1. The number of aromatic nitrogens is 2. The fourth-order valence-electron chi connectivity index (χ4n) is 1.92. The maximum atomic E-state index is 12.5. The summed E-state index contributed by atoms with van der Waals surface area (Å²) in [6, 6.07) is 5.04. The Morgan fingerprint density at radius 1 is 1.45 bits per heavy atom. The summed E-state index contributed by atoms with van der Waals surface area (Å²) in [6.07, 6.45) is 4.08. The molecule has 0 aliphatic rings. The molecule has 0 unspecified atom stereocenters. The van der Waals surface area contributed by atoms with E-state index in [9.17, 15) is 4.79 Å². The number of anilines is 1. The lowest BCUT2D eigenvalue weighted by Crippen LogP contribution is -2.16. The summed E-state index contributed by atoms with van der Waals surface area (Å²) in [7, 11) is 1.53. The van der Waals surface area contributed by atoms with Crippen molar-refractivity contribution in [2.45, 2.75) is 18.5 Å². The molecular formula is C15H16ClN3O2S. The number of amides is 1.